The number of hydrogen-bond donors (Lipinski definition) is 2. The Hall–Kier alpha value is -1.42. The quantitative estimate of drug-likeness (QED) is 0.812. The molecule has 4 heteroatoms. The first-order valence-electron chi connectivity index (χ1n) is 7.38. The minimum absolute atomic E-state index is 0.0399. The molecule has 1 amide bonds. The molecule has 20 heavy (non-hydrogen) atoms. The number of nitrogens with one attached hydrogen (secondary N) is 2. The third kappa shape index (κ3) is 3.18. The lowest BCUT2D eigenvalue weighted by Gasteiger charge is -2.36. The van der Waals surface area contributed by atoms with E-state index >= 15 is 0 Å². The minimum Gasteiger partial charge on any atom is -0.354 e. The van der Waals surface area contributed by atoms with E-state index in [1.807, 2.05) is 13.1 Å². The van der Waals surface area contributed by atoms with Gasteiger partial charge in [-0.15, -0.1) is 0 Å². The summed E-state index contributed by atoms with van der Waals surface area (Å²) in [6.45, 7) is 1.34. The molecule has 1 aliphatic rings. The smallest absolute Gasteiger partial charge is 0.230 e. The summed E-state index contributed by atoms with van der Waals surface area (Å²) in [7, 11) is 1.86. The van der Waals surface area contributed by atoms with E-state index in [1.54, 1.807) is 6.07 Å². The molecule has 0 unspecified atom stereocenters. The summed E-state index contributed by atoms with van der Waals surface area (Å²) in [5.41, 5.74) is 0.271. The Balaban J connectivity index is 2.23. The van der Waals surface area contributed by atoms with Gasteiger partial charge >= 0.3 is 0 Å². The van der Waals surface area contributed by atoms with Gasteiger partial charge in [0.2, 0.25) is 5.91 Å². The fourth-order valence-corrected chi connectivity index (χ4v) is 3.06. The van der Waals surface area contributed by atoms with Crippen molar-refractivity contribution in [3.8, 4) is 0 Å². The zero-order chi connectivity index (χ0) is 14.4. The van der Waals surface area contributed by atoms with Crippen LogP contribution in [0.25, 0.3) is 0 Å². The number of likely N-dealkylation sites (N-methyl/N-ethyl adjacent to an activating group) is 1. The Labute approximate surface area is 120 Å². The second-order valence-electron chi connectivity index (χ2n) is 5.51. The monoisotopic (exact) mass is 278 g/mol. The van der Waals surface area contributed by atoms with Crippen LogP contribution < -0.4 is 10.6 Å². The molecule has 1 aromatic carbocycles. The standard InChI is InChI=1S/C16H23FN2O/c1-18-10-11-19-15(20)16(8-3-2-4-9-16)13-6-5-7-14(17)12-13/h5-7,12,18H,2-4,8-11H2,1H3,(H,19,20). The SMILES string of the molecule is CNCCNC(=O)C1(c2cccc(F)c2)CCCCC1. The molecule has 0 spiro atoms. The number of rotatable bonds is 5. The summed E-state index contributed by atoms with van der Waals surface area (Å²) in [6.07, 6.45) is 4.82. The minimum atomic E-state index is -0.548. The maximum Gasteiger partial charge on any atom is 0.230 e. The summed E-state index contributed by atoms with van der Waals surface area (Å²) in [4.78, 5) is 12.6. The third-order valence-electron chi connectivity index (χ3n) is 4.18. The molecule has 0 saturated heterocycles. The first-order chi connectivity index (χ1) is 9.69. The van der Waals surface area contributed by atoms with E-state index in [4.69, 9.17) is 0 Å². The van der Waals surface area contributed by atoms with E-state index in [-0.39, 0.29) is 11.7 Å². The molecule has 1 fully saturated rings. The summed E-state index contributed by atoms with van der Waals surface area (Å²) in [5, 5.41) is 6.00. The second kappa shape index (κ2) is 6.84. The number of carbonyl (C=O) groups is 1. The maximum atomic E-state index is 13.5. The molecule has 0 heterocycles. The highest BCUT2D eigenvalue weighted by Crippen LogP contribution is 2.39. The van der Waals surface area contributed by atoms with Crippen LogP contribution in [0.15, 0.2) is 24.3 Å². The molecule has 2 N–H and O–H groups in total. The molecular formula is C16H23FN2O. The molecular weight excluding hydrogens is 255 g/mol. The van der Waals surface area contributed by atoms with Crippen molar-refractivity contribution in [2.24, 2.45) is 0 Å². The Bertz CT molecular complexity index is 456. The van der Waals surface area contributed by atoms with Crippen molar-refractivity contribution >= 4 is 5.91 Å². The van der Waals surface area contributed by atoms with Crippen molar-refractivity contribution < 1.29 is 9.18 Å². The number of carbonyl (C=O) groups excluding carboxylic acids is 1. The molecule has 2 rings (SSSR count). The van der Waals surface area contributed by atoms with Gasteiger partial charge in [0.1, 0.15) is 5.82 Å². The van der Waals surface area contributed by atoms with Gasteiger partial charge < -0.3 is 10.6 Å². The van der Waals surface area contributed by atoms with Gasteiger partial charge in [0.15, 0.2) is 0 Å². The van der Waals surface area contributed by atoms with Crippen molar-refractivity contribution in [3.05, 3.63) is 35.6 Å². The molecule has 0 bridgehead atoms. The van der Waals surface area contributed by atoms with E-state index in [1.165, 1.54) is 12.1 Å². The molecule has 1 aromatic rings. The molecule has 0 aliphatic heterocycles. The zero-order valence-electron chi connectivity index (χ0n) is 12.0. The topological polar surface area (TPSA) is 41.1 Å². The van der Waals surface area contributed by atoms with E-state index in [0.29, 0.717) is 6.54 Å². The highest BCUT2D eigenvalue weighted by molar-refractivity contribution is 5.88. The highest BCUT2D eigenvalue weighted by Gasteiger charge is 2.40. The van der Waals surface area contributed by atoms with Gasteiger partial charge in [0.05, 0.1) is 5.41 Å². The van der Waals surface area contributed by atoms with Crippen LogP contribution in [-0.4, -0.2) is 26.0 Å². The van der Waals surface area contributed by atoms with Crippen LogP contribution in [-0.2, 0) is 10.2 Å². The van der Waals surface area contributed by atoms with Gasteiger partial charge in [-0.3, -0.25) is 4.79 Å². The normalized spacial score (nSPS) is 17.7. The Kier molecular flexibility index (Phi) is 5.12. The van der Waals surface area contributed by atoms with E-state index in [9.17, 15) is 9.18 Å². The van der Waals surface area contributed by atoms with Gasteiger partial charge in [0, 0.05) is 13.1 Å². The van der Waals surface area contributed by atoms with E-state index in [2.05, 4.69) is 10.6 Å². The predicted octanol–water partition coefficient (Wildman–Crippen LogP) is 2.36. The predicted molar refractivity (Wildman–Crippen MR) is 78.1 cm³/mol. The van der Waals surface area contributed by atoms with Gasteiger partial charge in [0.25, 0.3) is 0 Å². The third-order valence-corrected chi connectivity index (χ3v) is 4.18. The fourth-order valence-electron chi connectivity index (χ4n) is 3.06. The Morgan fingerprint density at radius 3 is 2.65 bits per heavy atom. The fraction of sp³-hybridized carbons (Fsp3) is 0.562. The molecule has 1 aliphatic carbocycles. The van der Waals surface area contributed by atoms with Crippen LogP contribution in [0.5, 0.6) is 0 Å². The van der Waals surface area contributed by atoms with Crippen molar-refractivity contribution in [3.63, 3.8) is 0 Å². The molecule has 0 atom stereocenters. The highest BCUT2D eigenvalue weighted by atomic mass is 19.1. The summed E-state index contributed by atoms with van der Waals surface area (Å²) < 4.78 is 13.5. The van der Waals surface area contributed by atoms with Crippen LogP contribution in [0.2, 0.25) is 0 Å². The van der Waals surface area contributed by atoms with Crippen molar-refractivity contribution in [1.82, 2.24) is 10.6 Å². The van der Waals surface area contributed by atoms with Gasteiger partial charge in [-0.25, -0.2) is 4.39 Å². The zero-order valence-corrected chi connectivity index (χ0v) is 12.0. The second-order valence-corrected chi connectivity index (χ2v) is 5.51. The van der Waals surface area contributed by atoms with Crippen LogP contribution in [0, 0.1) is 5.82 Å². The molecule has 0 aromatic heterocycles. The molecule has 0 radical (unpaired) electrons. The Morgan fingerprint density at radius 1 is 1.25 bits per heavy atom. The van der Waals surface area contributed by atoms with Gasteiger partial charge in [-0.2, -0.15) is 0 Å². The lowest BCUT2D eigenvalue weighted by atomic mass is 9.68. The molecule has 110 valence electrons. The lowest BCUT2D eigenvalue weighted by Crippen LogP contribution is -2.47. The molecule has 3 nitrogen and oxygen atoms in total. The van der Waals surface area contributed by atoms with Gasteiger partial charge in [-0.1, -0.05) is 31.4 Å². The van der Waals surface area contributed by atoms with Crippen LogP contribution >= 0.6 is 0 Å². The van der Waals surface area contributed by atoms with Crippen LogP contribution in [0.4, 0.5) is 4.39 Å². The largest absolute Gasteiger partial charge is 0.354 e. The first-order valence-corrected chi connectivity index (χ1v) is 7.38. The van der Waals surface area contributed by atoms with Gasteiger partial charge in [-0.05, 0) is 37.6 Å². The van der Waals surface area contributed by atoms with Crippen molar-refractivity contribution in [2.45, 2.75) is 37.5 Å². The van der Waals surface area contributed by atoms with Crippen molar-refractivity contribution in [1.29, 1.82) is 0 Å². The first kappa shape index (κ1) is 15.0. The number of hydrogen-bond acceptors (Lipinski definition) is 2. The summed E-state index contributed by atoms with van der Waals surface area (Å²) >= 11 is 0. The maximum absolute atomic E-state index is 13.5. The summed E-state index contributed by atoms with van der Waals surface area (Å²) in [6, 6.07) is 6.52. The van der Waals surface area contributed by atoms with Crippen LogP contribution in [0.1, 0.15) is 37.7 Å². The number of halogens is 1. The number of benzene rings is 1. The number of amides is 1. The lowest BCUT2D eigenvalue weighted by molar-refractivity contribution is -0.128. The van der Waals surface area contributed by atoms with E-state index in [0.717, 1.165) is 44.2 Å². The average molecular weight is 278 g/mol. The molecule has 1 saturated carbocycles. The summed E-state index contributed by atoms with van der Waals surface area (Å²) in [5.74, 6) is -0.228. The van der Waals surface area contributed by atoms with E-state index < -0.39 is 5.41 Å². The van der Waals surface area contributed by atoms with Crippen molar-refractivity contribution in [2.75, 3.05) is 20.1 Å². The average Bonchev–Trinajstić information content (AvgIpc) is 2.48. The Morgan fingerprint density at radius 2 is 2.00 bits per heavy atom. The van der Waals surface area contributed by atoms with Crippen LogP contribution in [0.3, 0.4) is 0 Å².